The molecule has 2 heteroatoms. The van der Waals surface area contributed by atoms with Gasteiger partial charge in [-0.2, -0.15) is 0 Å². The van der Waals surface area contributed by atoms with E-state index >= 15 is 0 Å². The number of fused-ring (bicyclic) bond motifs is 2. The van der Waals surface area contributed by atoms with Gasteiger partial charge in [0.2, 0.25) is 0 Å². The van der Waals surface area contributed by atoms with Crippen molar-refractivity contribution in [1.82, 2.24) is 10.3 Å². The number of rotatable bonds is 4. The van der Waals surface area contributed by atoms with E-state index in [1.807, 2.05) is 6.20 Å². The molecule has 0 radical (unpaired) electrons. The predicted molar refractivity (Wildman–Crippen MR) is 66.0 cm³/mol. The summed E-state index contributed by atoms with van der Waals surface area (Å²) < 4.78 is 0. The third-order valence-electron chi connectivity index (χ3n) is 4.71. The highest BCUT2D eigenvalue weighted by Gasteiger charge is 2.41. The molecule has 3 rings (SSSR count). The van der Waals surface area contributed by atoms with Crippen molar-refractivity contribution < 1.29 is 0 Å². The van der Waals surface area contributed by atoms with Crippen LogP contribution in [0.5, 0.6) is 0 Å². The SMILES string of the molecule is CC(NCc1ccc[nH]1)C1CC2CCC1C2. The van der Waals surface area contributed by atoms with E-state index < -0.39 is 0 Å². The Morgan fingerprint density at radius 2 is 2.38 bits per heavy atom. The summed E-state index contributed by atoms with van der Waals surface area (Å²) >= 11 is 0. The highest BCUT2D eigenvalue weighted by atomic mass is 14.9. The molecule has 2 aliphatic carbocycles. The molecule has 2 bridgehead atoms. The van der Waals surface area contributed by atoms with Gasteiger partial charge in [0.25, 0.3) is 0 Å². The summed E-state index contributed by atoms with van der Waals surface area (Å²) in [5.74, 6) is 3.02. The van der Waals surface area contributed by atoms with Gasteiger partial charge in [-0.25, -0.2) is 0 Å². The first-order chi connectivity index (χ1) is 7.83. The number of nitrogens with one attached hydrogen (secondary N) is 2. The van der Waals surface area contributed by atoms with E-state index in [0.29, 0.717) is 6.04 Å². The van der Waals surface area contributed by atoms with Gasteiger partial charge in [-0.05, 0) is 56.1 Å². The first-order valence-corrected chi connectivity index (χ1v) is 6.68. The molecule has 1 heterocycles. The van der Waals surface area contributed by atoms with Gasteiger partial charge >= 0.3 is 0 Å². The summed E-state index contributed by atoms with van der Waals surface area (Å²) in [6, 6.07) is 4.90. The lowest BCUT2D eigenvalue weighted by molar-refractivity contribution is 0.259. The van der Waals surface area contributed by atoms with Crippen molar-refractivity contribution in [2.45, 2.75) is 45.2 Å². The minimum absolute atomic E-state index is 0.679. The molecule has 2 nitrogen and oxygen atoms in total. The Labute approximate surface area is 97.8 Å². The second-order valence-corrected chi connectivity index (χ2v) is 5.70. The van der Waals surface area contributed by atoms with Gasteiger partial charge in [-0.15, -0.1) is 0 Å². The van der Waals surface area contributed by atoms with Gasteiger partial charge in [-0.1, -0.05) is 6.42 Å². The van der Waals surface area contributed by atoms with Crippen molar-refractivity contribution in [2.24, 2.45) is 17.8 Å². The van der Waals surface area contributed by atoms with E-state index in [4.69, 9.17) is 0 Å². The second kappa shape index (κ2) is 4.25. The van der Waals surface area contributed by atoms with Crippen LogP contribution in [-0.2, 0) is 6.54 Å². The van der Waals surface area contributed by atoms with Crippen LogP contribution in [0.1, 0.15) is 38.3 Å². The van der Waals surface area contributed by atoms with Crippen LogP contribution in [0.25, 0.3) is 0 Å². The standard InChI is InChI=1S/C14H22N2/c1-10(16-9-13-3-2-6-15-13)14-8-11-4-5-12(14)7-11/h2-3,6,10-12,14-16H,4-5,7-9H2,1H3. The van der Waals surface area contributed by atoms with E-state index in [0.717, 1.165) is 24.3 Å². The van der Waals surface area contributed by atoms with Crippen LogP contribution in [0.2, 0.25) is 0 Å². The summed E-state index contributed by atoms with van der Waals surface area (Å²) in [4.78, 5) is 3.25. The number of hydrogen-bond donors (Lipinski definition) is 2. The van der Waals surface area contributed by atoms with Gasteiger partial charge in [0.1, 0.15) is 0 Å². The van der Waals surface area contributed by atoms with Crippen LogP contribution >= 0.6 is 0 Å². The van der Waals surface area contributed by atoms with Gasteiger partial charge < -0.3 is 10.3 Å². The van der Waals surface area contributed by atoms with Crippen LogP contribution in [-0.4, -0.2) is 11.0 Å². The molecule has 0 amide bonds. The molecule has 4 unspecified atom stereocenters. The lowest BCUT2D eigenvalue weighted by Crippen LogP contribution is -2.35. The van der Waals surface area contributed by atoms with Crippen LogP contribution in [0.4, 0.5) is 0 Å². The van der Waals surface area contributed by atoms with Crippen molar-refractivity contribution in [3.05, 3.63) is 24.0 Å². The number of aromatic amines is 1. The lowest BCUT2D eigenvalue weighted by Gasteiger charge is -2.28. The lowest BCUT2D eigenvalue weighted by atomic mass is 9.84. The van der Waals surface area contributed by atoms with E-state index in [2.05, 4.69) is 29.4 Å². The van der Waals surface area contributed by atoms with Crippen LogP contribution in [0.15, 0.2) is 18.3 Å². The molecular formula is C14H22N2. The second-order valence-electron chi connectivity index (χ2n) is 5.70. The predicted octanol–water partition coefficient (Wildman–Crippen LogP) is 2.93. The molecule has 0 spiro atoms. The summed E-state index contributed by atoms with van der Waals surface area (Å²) in [5, 5.41) is 3.68. The van der Waals surface area contributed by atoms with Crippen molar-refractivity contribution in [2.75, 3.05) is 0 Å². The number of aromatic nitrogens is 1. The molecule has 0 aromatic carbocycles. The molecule has 1 aromatic heterocycles. The monoisotopic (exact) mass is 218 g/mol. The fourth-order valence-electron chi connectivity index (χ4n) is 3.81. The highest BCUT2D eigenvalue weighted by Crippen LogP contribution is 2.49. The number of hydrogen-bond acceptors (Lipinski definition) is 1. The Kier molecular flexibility index (Phi) is 2.76. The van der Waals surface area contributed by atoms with Gasteiger partial charge in [0.15, 0.2) is 0 Å². The van der Waals surface area contributed by atoms with Crippen LogP contribution in [0, 0.1) is 17.8 Å². The average molecular weight is 218 g/mol. The normalized spacial score (nSPS) is 34.4. The van der Waals surface area contributed by atoms with E-state index in [9.17, 15) is 0 Å². The molecule has 88 valence electrons. The number of H-pyrrole nitrogens is 1. The first kappa shape index (κ1) is 10.4. The van der Waals surface area contributed by atoms with E-state index in [1.165, 1.54) is 31.4 Å². The Morgan fingerprint density at radius 1 is 1.44 bits per heavy atom. The zero-order chi connectivity index (χ0) is 11.0. The Morgan fingerprint density at radius 3 is 3.00 bits per heavy atom. The van der Waals surface area contributed by atoms with Crippen LogP contribution < -0.4 is 5.32 Å². The Balaban J connectivity index is 1.52. The molecule has 2 fully saturated rings. The molecule has 4 atom stereocenters. The van der Waals surface area contributed by atoms with Gasteiger partial charge in [0, 0.05) is 24.5 Å². The fourth-order valence-corrected chi connectivity index (χ4v) is 3.81. The van der Waals surface area contributed by atoms with E-state index in [-0.39, 0.29) is 0 Å². The third-order valence-corrected chi connectivity index (χ3v) is 4.71. The molecule has 1 aromatic rings. The van der Waals surface area contributed by atoms with Crippen molar-refractivity contribution in [3.63, 3.8) is 0 Å². The van der Waals surface area contributed by atoms with Crippen molar-refractivity contribution >= 4 is 0 Å². The van der Waals surface area contributed by atoms with Crippen molar-refractivity contribution in [1.29, 1.82) is 0 Å². The van der Waals surface area contributed by atoms with Crippen molar-refractivity contribution in [3.8, 4) is 0 Å². The average Bonchev–Trinajstić information content (AvgIpc) is 3.01. The summed E-state index contributed by atoms with van der Waals surface area (Å²) in [6.07, 6.45) is 7.98. The van der Waals surface area contributed by atoms with Crippen LogP contribution in [0.3, 0.4) is 0 Å². The molecule has 2 aliphatic rings. The molecule has 0 saturated heterocycles. The molecule has 0 aliphatic heterocycles. The molecule has 2 N–H and O–H groups in total. The fraction of sp³-hybridized carbons (Fsp3) is 0.714. The maximum atomic E-state index is 3.68. The largest absolute Gasteiger partial charge is 0.364 e. The summed E-state index contributed by atoms with van der Waals surface area (Å²) in [7, 11) is 0. The summed E-state index contributed by atoms with van der Waals surface area (Å²) in [6.45, 7) is 3.36. The van der Waals surface area contributed by atoms with E-state index in [1.54, 1.807) is 0 Å². The smallest absolute Gasteiger partial charge is 0.0359 e. The maximum absolute atomic E-state index is 3.68. The Hall–Kier alpha value is -0.760. The zero-order valence-electron chi connectivity index (χ0n) is 10.1. The molecule has 2 saturated carbocycles. The Bertz CT molecular complexity index is 331. The highest BCUT2D eigenvalue weighted by molar-refractivity contribution is 5.03. The summed E-state index contributed by atoms with van der Waals surface area (Å²) in [5.41, 5.74) is 1.30. The first-order valence-electron chi connectivity index (χ1n) is 6.68. The topological polar surface area (TPSA) is 27.8 Å². The third kappa shape index (κ3) is 1.91. The minimum Gasteiger partial charge on any atom is -0.364 e. The quantitative estimate of drug-likeness (QED) is 0.799. The zero-order valence-corrected chi connectivity index (χ0v) is 10.1. The molecule has 16 heavy (non-hydrogen) atoms. The minimum atomic E-state index is 0.679. The van der Waals surface area contributed by atoms with Gasteiger partial charge in [0.05, 0.1) is 0 Å². The maximum Gasteiger partial charge on any atom is 0.0359 e. The molecular weight excluding hydrogens is 196 g/mol. The van der Waals surface area contributed by atoms with Gasteiger partial charge in [-0.3, -0.25) is 0 Å².